The molecule has 1 heterocycles. The highest BCUT2D eigenvalue weighted by Crippen LogP contribution is 2.15. The summed E-state index contributed by atoms with van der Waals surface area (Å²) in [4.78, 5) is 24.2. The third-order valence-corrected chi connectivity index (χ3v) is 5.21. The van der Waals surface area contributed by atoms with E-state index in [-0.39, 0.29) is 30.5 Å². The zero-order chi connectivity index (χ0) is 15.9. The first-order chi connectivity index (χ1) is 9.85. The van der Waals surface area contributed by atoms with Crippen molar-refractivity contribution in [2.24, 2.45) is 0 Å². The maximum Gasteiger partial charge on any atom is 0.317 e. The van der Waals surface area contributed by atoms with Crippen LogP contribution in [-0.2, 0) is 14.6 Å². The molecule has 1 rings (SSSR count). The molecule has 0 bridgehead atoms. The number of carboxylic acids is 1. The van der Waals surface area contributed by atoms with Crippen molar-refractivity contribution in [2.45, 2.75) is 45.1 Å². The van der Waals surface area contributed by atoms with E-state index in [4.69, 9.17) is 5.11 Å². The van der Waals surface area contributed by atoms with E-state index in [9.17, 15) is 18.0 Å². The Bertz CT molecular complexity index is 463. The smallest absolute Gasteiger partial charge is 0.317 e. The molecule has 2 amide bonds. The molecule has 0 aromatic heterocycles. The molecule has 1 aliphatic heterocycles. The molecule has 21 heavy (non-hydrogen) atoms. The quantitative estimate of drug-likeness (QED) is 0.677. The van der Waals surface area contributed by atoms with E-state index in [2.05, 4.69) is 12.2 Å². The predicted octanol–water partition coefficient (Wildman–Crippen LogP) is 0.850. The molecular weight excluding hydrogens is 296 g/mol. The maximum atomic E-state index is 12.1. The van der Waals surface area contributed by atoms with Gasteiger partial charge in [-0.3, -0.25) is 4.79 Å². The average Bonchev–Trinajstić information content (AvgIpc) is 2.36. The number of sulfone groups is 1. The van der Waals surface area contributed by atoms with Crippen molar-refractivity contribution in [3.8, 4) is 0 Å². The van der Waals surface area contributed by atoms with Crippen LogP contribution >= 0.6 is 0 Å². The van der Waals surface area contributed by atoms with Crippen LogP contribution in [0.2, 0.25) is 0 Å². The van der Waals surface area contributed by atoms with Crippen LogP contribution in [0.3, 0.4) is 0 Å². The van der Waals surface area contributed by atoms with E-state index >= 15 is 0 Å². The summed E-state index contributed by atoms with van der Waals surface area (Å²) in [6.07, 6.45) is 3.78. The van der Waals surface area contributed by atoms with Crippen LogP contribution in [0.4, 0.5) is 4.79 Å². The highest BCUT2D eigenvalue weighted by Gasteiger charge is 2.35. The first kappa shape index (κ1) is 17.7. The van der Waals surface area contributed by atoms with Crippen LogP contribution in [0.1, 0.15) is 39.0 Å². The van der Waals surface area contributed by atoms with Crippen molar-refractivity contribution < 1.29 is 23.1 Å². The first-order valence-corrected chi connectivity index (χ1v) is 9.14. The highest BCUT2D eigenvalue weighted by molar-refractivity contribution is 7.91. The molecule has 0 radical (unpaired) electrons. The molecule has 0 aliphatic carbocycles. The van der Waals surface area contributed by atoms with Gasteiger partial charge in [-0.1, -0.05) is 26.2 Å². The van der Waals surface area contributed by atoms with Crippen LogP contribution in [0.25, 0.3) is 0 Å². The second-order valence-corrected chi connectivity index (χ2v) is 7.58. The number of aliphatic carboxylic acids is 1. The molecule has 0 saturated carbocycles. The zero-order valence-electron chi connectivity index (χ0n) is 12.4. The number of carboxylic acid groups (broad SMARTS) is 1. The minimum Gasteiger partial charge on any atom is -0.481 e. The molecule has 2 N–H and O–H groups in total. The van der Waals surface area contributed by atoms with Gasteiger partial charge in [-0.15, -0.1) is 0 Å². The minimum absolute atomic E-state index is 0.0566. The third-order valence-electron chi connectivity index (χ3n) is 3.51. The Labute approximate surface area is 125 Å². The average molecular weight is 320 g/mol. The number of amides is 2. The number of nitrogens with one attached hydrogen (secondary N) is 1. The monoisotopic (exact) mass is 320 g/mol. The molecule has 1 aliphatic rings. The lowest BCUT2D eigenvalue weighted by molar-refractivity contribution is -0.138. The van der Waals surface area contributed by atoms with Crippen molar-refractivity contribution in [1.82, 2.24) is 10.2 Å². The van der Waals surface area contributed by atoms with Gasteiger partial charge in [-0.05, 0) is 6.42 Å². The molecule has 8 heteroatoms. The topological polar surface area (TPSA) is 104 Å². The molecule has 0 aromatic carbocycles. The van der Waals surface area contributed by atoms with E-state index in [1.54, 1.807) is 0 Å². The second-order valence-electron chi connectivity index (χ2n) is 5.35. The lowest BCUT2D eigenvalue weighted by Gasteiger charge is -2.34. The number of carbonyl (C=O) groups excluding carboxylic acids is 1. The molecule has 7 nitrogen and oxygen atoms in total. The number of rotatable bonds is 7. The van der Waals surface area contributed by atoms with Crippen molar-refractivity contribution in [3.63, 3.8) is 0 Å². The SMILES string of the molecule is CCCCCCNC(=O)N1CCS(=O)(=O)CC1CC(=O)O. The van der Waals surface area contributed by atoms with Crippen molar-refractivity contribution in [3.05, 3.63) is 0 Å². The summed E-state index contributed by atoms with van der Waals surface area (Å²) in [5.74, 6) is -1.48. The number of nitrogens with zero attached hydrogens (tertiary/aromatic N) is 1. The van der Waals surface area contributed by atoms with Gasteiger partial charge in [0.15, 0.2) is 9.84 Å². The summed E-state index contributed by atoms with van der Waals surface area (Å²) >= 11 is 0. The van der Waals surface area contributed by atoms with Gasteiger partial charge in [0, 0.05) is 13.1 Å². The number of unbranched alkanes of at least 4 members (excludes halogenated alkanes) is 3. The van der Waals surface area contributed by atoms with Gasteiger partial charge in [-0.2, -0.15) is 0 Å². The molecule has 0 aromatic rings. The summed E-state index contributed by atoms with van der Waals surface area (Å²) < 4.78 is 23.2. The fraction of sp³-hybridized carbons (Fsp3) is 0.846. The normalized spacial score (nSPS) is 21.0. The summed E-state index contributed by atoms with van der Waals surface area (Å²) in [5, 5.41) is 11.6. The van der Waals surface area contributed by atoms with Crippen LogP contribution in [-0.4, -0.2) is 61.1 Å². The molecule has 122 valence electrons. The zero-order valence-corrected chi connectivity index (χ0v) is 13.2. The van der Waals surface area contributed by atoms with Gasteiger partial charge in [0.05, 0.1) is 24.0 Å². The summed E-state index contributed by atoms with van der Waals surface area (Å²) in [5.41, 5.74) is 0. The van der Waals surface area contributed by atoms with Crippen LogP contribution in [0.5, 0.6) is 0 Å². The van der Waals surface area contributed by atoms with Crippen molar-refractivity contribution in [1.29, 1.82) is 0 Å². The third kappa shape index (κ3) is 6.33. The Kier molecular flexibility index (Phi) is 6.94. The molecule has 1 unspecified atom stereocenters. The largest absolute Gasteiger partial charge is 0.481 e. The number of carbonyl (C=O) groups is 2. The summed E-state index contributed by atoms with van der Waals surface area (Å²) in [7, 11) is -3.26. The summed E-state index contributed by atoms with van der Waals surface area (Å²) in [6.45, 7) is 2.69. The second kappa shape index (κ2) is 8.21. The lowest BCUT2D eigenvalue weighted by atomic mass is 10.2. The maximum absolute atomic E-state index is 12.1. The molecule has 0 spiro atoms. The Hall–Kier alpha value is -1.31. The van der Waals surface area contributed by atoms with Crippen molar-refractivity contribution in [2.75, 3.05) is 24.6 Å². The Morgan fingerprint density at radius 2 is 2.00 bits per heavy atom. The number of urea groups is 1. The van der Waals surface area contributed by atoms with E-state index < -0.39 is 21.8 Å². The molecular formula is C13H24N2O5S. The van der Waals surface area contributed by atoms with E-state index in [0.29, 0.717) is 6.54 Å². The molecule has 1 saturated heterocycles. The lowest BCUT2D eigenvalue weighted by Crippen LogP contribution is -2.55. The summed E-state index contributed by atoms with van der Waals surface area (Å²) in [6, 6.07) is -1.15. The van der Waals surface area contributed by atoms with Gasteiger partial charge >= 0.3 is 12.0 Å². The van der Waals surface area contributed by atoms with Crippen LogP contribution in [0.15, 0.2) is 0 Å². The Balaban J connectivity index is 2.52. The fourth-order valence-electron chi connectivity index (χ4n) is 2.37. The Morgan fingerprint density at radius 1 is 1.29 bits per heavy atom. The number of hydrogen-bond donors (Lipinski definition) is 2. The molecule has 1 atom stereocenters. The van der Waals surface area contributed by atoms with Gasteiger partial charge in [0.25, 0.3) is 0 Å². The van der Waals surface area contributed by atoms with Gasteiger partial charge in [-0.25, -0.2) is 13.2 Å². The number of hydrogen-bond acceptors (Lipinski definition) is 4. The van der Waals surface area contributed by atoms with Crippen molar-refractivity contribution >= 4 is 21.8 Å². The fourth-order valence-corrected chi connectivity index (χ4v) is 3.90. The van der Waals surface area contributed by atoms with Gasteiger partial charge in [0.1, 0.15) is 0 Å². The Morgan fingerprint density at radius 3 is 2.62 bits per heavy atom. The minimum atomic E-state index is -3.26. The highest BCUT2D eigenvalue weighted by atomic mass is 32.2. The standard InChI is InChI=1S/C13H24N2O5S/c1-2-3-4-5-6-14-13(18)15-7-8-21(19,20)10-11(15)9-12(16)17/h11H,2-10H2,1H3,(H,14,18)(H,16,17). The molecule has 1 fully saturated rings. The van der Waals surface area contributed by atoms with E-state index in [0.717, 1.165) is 25.7 Å². The predicted molar refractivity (Wildman–Crippen MR) is 78.9 cm³/mol. The van der Waals surface area contributed by atoms with E-state index in [1.807, 2.05) is 0 Å². The van der Waals surface area contributed by atoms with Crippen LogP contribution < -0.4 is 5.32 Å². The van der Waals surface area contributed by atoms with Crippen LogP contribution in [0, 0.1) is 0 Å². The van der Waals surface area contributed by atoms with Gasteiger partial charge < -0.3 is 15.3 Å². The first-order valence-electron chi connectivity index (χ1n) is 7.32. The van der Waals surface area contributed by atoms with Gasteiger partial charge in [0.2, 0.25) is 0 Å². The van der Waals surface area contributed by atoms with E-state index in [1.165, 1.54) is 4.90 Å².